The van der Waals surface area contributed by atoms with Crippen molar-refractivity contribution in [1.82, 2.24) is 4.90 Å². The first-order valence-corrected chi connectivity index (χ1v) is 7.38. The van der Waals surface area contributed by atoms with Gasteiger partial charge in [0.1, 0.15) is 5.75 Å². The van der Waals surface area contributed by atoms with Crippen molar-refractivity contribution in [2.45, 2.75) is 39.3 Å². The highest BCUT2D eigenvalue weighted by Crippen LogP contribution is 2.20. The van der Waals surface area contributed by atoms with Crippen LogP contribution in [0.4, 0.5) is 0 Å². The normalized spacial score (nSPS) is 24.4. The molecule has 2 unspecified atom stereocenters. The maximum atomic E-state index is 6.15. The molecule has 1 aliphatic rings. The number of likely N-dealkylation sites (tertiary alicyclic amines) is 1. The molecule has 0 aromatic heterocycles. The second-order valence-corrected chi connectivity index (χ2v) is 5.66. The maximum absolute atomic E-state index is 6.15. The standard InChI is InChI=1S/C16H26N2O/c1-3-9-19-15-6-4-5-14(10-15)11-18-8-7-13(2)16(17)12-18/h4-6,10,13,16H,3,7-9,11-12,17H2,1-2H3. The Morgan fingerprint density at radius 2 is 2.26 bits per heavy atom. The molecule has 2 rings (SSSR count). The summed E-state index contributed by atoms with van der Waals surface area (Å²) in [6.07, 6.45) is 2.25. The third kappa shape index (κ3) is 4.22. The Balaban J connectivity index is 1.91. The van der Waals surface area contributed by atoms with E-state index < -0.39 is 0 Å². The monoisotopic (exact) mass is 262 g/mol. The van der Waals surface area contributed by atoms with Crippen LogP contribution in [0.1, 0.15) is 32.3 Å². The largest absolute Gasteiger partial charge is 0.494 e. The van der Waals surface area contributed by atoms with Gasteiger partial charge in [-0.05, 0) is 43.0 Å². The zero-order chi connectivity index (χ0) is 13.7. The van der Waals surface area contributed by atoms with Gasteiger partial charge in [-0.15, -0.1) is 0 Å². The average Bonchev–Trinajstić information content (AvgIpc) is 2.41. The van der Waals surface area contributed by atoms with Gasteiger partial charge < -0.3 is 10.5 Å². The van der Waals surface area contributed by atoms with Crippen LogP contribution in [0.25, 0.3) is 0 Å². The molecule has 2 N–H and O–H groups in total. The van der Waals surface area contributed by atoms with E-state index in [0.717, 1.165) is 38.4 Å². The quantitative estimate of drug-likeness (QED) is 0.886. The number of hydrogen-bond donors (Lipinski definition) is 1. The molecule has 1 heterocycles. The molecule has 0 saturated carbocycles. The minimum absolute atomic E-state index is 0.313. The van der Waals surface area contributed by atoms with E-state index in [2.05, 4.69) is 36.9 Å². The first-order chi connectivity index (χ1) is 9.19. The van der Waals surface area contributed by atoms with Crippen molar-refractivity contribution in [2.24, 2.45) is 11.7 Å². The second kappa shape index (κ2) is 6.92. The molecule has 1 aliphatic heterocycles. The predicted molar refractivity (Wildman–Crippen MR) is 79.3 cm³/mol. The molecule has 106 valence electrons. The Hall–Kier alpha value is -1.06. The first-order valence-electron chi connectivity index (χ1n) is 7.38. The van der Waals surface area contributed by atoms with Gasteiger partial charge in [0, 0.05) is 19.1 Å². The highest BCUT2D eigenvalue weighted by Gasteiger charge is 2.22. The van der Waals surface area contributed by atoms with Gasteiger partial charge in [0.25, 0.3) is 0 Å². The van der Waals surface area contributed by atoms with Crippen LogP contribution < -0.4 is 10.5 Å². The van der Waals surface area contributed by atoms with E-state index >= 15 is 0 Å². The molecule has 1 aromatic rings. The predicted octanol–water partition coefficient (Wildman–Crippen LogP) is 2.64. The molecule has 0 radical (unpaired) electrons. The summed E-state index contributed by atoms with van der Waals surface area (Å²) in [5, 5.41) is 0. The zero-order valence-electron chi connectivity index (χ0n) is 12.1. The summed E-state index contributed by atoms with van der Waals surface area (Å²) in [4.78, 5) is 2.45. The third-order valence-electron chi connectivity index (χ3n) is 3.88. The van der Waals surface area contributed by atoms with Crippen molar-refractivity contribution in [1.29, 1.82) is 0 Å². The molecule has 0 bridgehead atoms. The van der Waals surface area contributed by atoms with Gasteiger partial charge in [-0.3, -0.25) is 4.90 Å². The summed E-state index contributed by atoms with van der Waals surface area (Å²) in [6.45, 7) is 8.29. The fourth-order valence-corrected chi connectivity index (χ4v) is 2.53. The van der Waals surface area contributed by atoms with Crippen LogP contribution in [0.5, 0.6) is 5.75 Å². The Bertz CT molecular complexity index is 394. The number of ether oxygens (including phenoxy) is 1. The van der Waals surface area contributed by atoms with Gasteiger partial charge in [0.05, 0.1) is 6.61 Å². The highest BCUT2D eigenvalue weighted by atomic mass is 16.5. The zero-order valence-corrected chi connectivity index (χ0v) is 12.1. The summed E-state index contributed by atoms with van der Waals surface area (Å²) in [5.41, 5.74) is 7.47. The van der Waals surface area contributed by atoms with Crippen LogP contribution in [-0.4, -0.2) is 30.6 Å². The number of hydrogen-bond acceptors (Lipinski definition) is 3. The maximum Gasteiger partial charge on any atom is 0.119 e. The number of nitrogens with two attached hydrogens (primary N) is 1. The molecule has 19 heavy (non-hydrogen) atoms. The van der Waals surface area contributed by atoms with Crippen LogP contribution in [0, 0.1) is 5.92 Å². The van der Waals surface area contributed by atoms with E-state index in [4.69, 9.17) is 10.5 Å². The van der Waals surface area contributed by atoms with Crippen LogP contribution in [0.15, 0.2) is 24.3 Å². The Kier molecular flexibility index (Phi) is 5.23. The molecule has 1 aromatic carbocycles. The summed E-state index contributed by atoms with van der Waals surface area (Å²) in [6, 6.07) is 8.74. The van der Waals surface area contributed by atoms with E-state index in [-0.39, 0.29) is 0 Å². The molecule has 0 spiro atoms. The first kappa shape index (κ1) is 14.4. The van der Waals surface area contributed by atoms with E-state index in [1.807, 2.05) is 6.07 Å². The molecule has 0 amide bonds. The summed E-state index contributed by atoms with van der Waals surface area (Å²) >= 11 is 0. The minimum Gasteiger partial charge on any atom is -0.494 e. The SMILES string of the molecule is CCCOc1cccc(CN2CCC(C)C(N)C2)c1. The molecule has 3 heteroatoms. The van der Waals surface area contributed by atoms with Crippen LogP contribution in [0.2, 0.25) is 0 Å². The smallest absolute Gasteiger partial charge is 0.119 e. The van der Waals surface area contributed by atoms with Crippen molar-refractivity contribution in [3.8, 4) is 5.75 Å². The average molecular weight is 262 g/mol. The molecular weight excluding hydrogens is 236 g/mol. The van der Waals surface area contributed by atoms with Crippen molar-refractivity contribution in [2.75, 3.05) is 19.7 Å². The summed E-state index contributed by atoms with van der Waals surface area (Å²) < 4.78 is 5.68. The van der Waals surface area contributed by atoms with E-state index in [9.17, 15) is 0 Å². The lowest BCUT2D eigenvalue weighted by molar-refractivity contribution is 0.162. The fraction of sp³-hybridized carbons (Fsp3) is 0.625. The third-order valence-corrected chi connectivity index (χ3v) is 3.88. The highest BCUT2D eigenvalue weighted by molar-refractivity contribution is 5.28. The molecule has 2 atom stereocenters. The second-order valence-electron chi connectivity index (χ2n) is 5.66. The lowest BCUT2D eigenvalue weighted by atomic mass is 9.94. The van der Waals surface area contributed by atoms with Gasteiger partial charge >= 0.3 is 0 Å². The van der Waals surface area contributed by atoms with Gasteiger partial charge in [0.2, 0.25) is 0 Å². The van der Waals surface area contributed by atoms with E-state index in [0.29, 0.717) is 12.0 Å². The van der Waals surface area contributed by atoms with Gasteiger partial charge in [-0.2, -0.15) is 0 Å². The summed E-state index contributed by atoms with van der Waals surface area (Å²) in [5.74, 6) is 1.63. The number of nitrogens with zero attached hydrogens (tertiary/aromatic N) is 1. The topological polar surface area (TPSA) is 38.5 Å². The van der Waals surface area contributed by atoms with Crippen LogP contribution in [0.3, 0.4) is 0 Å². The Morgan fingerprint density at radius 1 is 1.42 bits per heavy atom. The van der Waals surface area contributed by atoms with Crippen molar-refractivity contribution in [3.63, 3.8) is 0 Å². The molecule has 3 nitrogen and oxygen atoms in total. The Morgan fingerprint density at radius 3 is 3.00 bits per heavy atom. The minimum atomic E-state index is 0.313. The lowest BCUT2D eigenvalue weighted by Gasteiger charge is -2.35. The van der Waals surface area contributed by atoms with Crippen molar-refractivity contribution in [3.05, 3.63) is 29.8 Å². The van der Waals surface area contributed by atoms with Crippen molar-refractivity contribution < 1.29 is 4.74 Å². The summed E-state index contributed by atoms with van der Waals surface area (Å²) in [7, 11) is 0. The van der Waals surface area contributed by atoms with Crippen LogP contribution >= 0.6 is 0 Å². The number of rotatable bonds is 5. The molecule has 1 saturated heterocycles. The van der Waals surface area contributed by atoms with E-state index in [1.165, 1.54) is 12.0 Å². The number of benzene rings is 1. The van der Waals surface area contributed by atoms with Gasteiger partial charge in [-0.1, -0.05) is 26.0 Å². The van der Waals surface area contributed by atoms with Crippen LogP contribution in [-0.2, 0) is 6.54 Å². The lowest BCUT2D eigenvalue weighted by Crippen LogP contribution is -2.47. The molecule has 0 aliphatic carbocycles. The van der Waals surface area contributed by atoms with Gasteiger partial charge in [0.15, 0.2) is 0 Å². The molecular formula is C16H26N2O. The van der Waals surface area contributed by atoms with E-state index in [1.54, 1.807) is 0 Å². The Labute approximate surface area is 116 Å². The fourth-order valence-electron chi connectivity index (χ4n) is 2.53. The number of piperidine rings is 1. The van der Waals surface area contributed by atoms with Gasteiger partial charge in [-0.25, -0.2) is 0 Å². The molecule has 1 fully saturated rings. The van der Waals surface area contributed by atoms with Crippen molar-refractivity contribution >= 4 is 0 Å².